The number of carboxylic acid groups (broad SMARTS) is 1. The highest BCUT2D eigenvalue weighted by Gasteiger charge is 2.45. The predicted octanol–water partition coefficient (Wildman–Crippen LogP) is 2.30. The fourth-order valence-corrected chi connectivity index (χ4v) is 1.76. The molecule has 1 saturated carbocycles. The number of aromatic nitrogens is 1. The molecule has 1 fully saturated rings. The van der Waals surface area contributed by atoms with Gasteiger partial charge in [0.25, 0.3) is 0 Å². The fourth-order valence-electron chi connectivity index (χ4n) is 1.76. The van der Waals surface area contributed by atoms with E-state index < -0.39 is 5.97 Å². The molecule has 86 valence electrons. The van der Waals surface area contributed by atoms with Crippen LogP contribution in [0.5, 0.6) is 0 Å². The molecule has 1 aromatic heterocycles. The quantitative estimate of drug-likeness (QED) is 0.820. The molecule has 1 unspecified atom stereocenters. The number of carbonyl (C=O) groups is 1. The van der Waals surface area contributed by atoms with E-state index in [1.807, 2.05) is 0 Å². The molecule has 0 amide bonds. The Morgan fingerprint density at radius 1 is 1.56 bits per heavy atom. The van der Waals surface area contributed by atoms with Crippen molar-refractivity contribution in [3.8, 4) is 0 Å². The van der Waals surface area contributed by atoms with Crippen LogP contribution in [0.15, 0.2) is 12.1 Å². The maximum absolute atomic E-state index is 10.8. The Bertz CT molecular complexity index is 441. The summed E-state index contributed by atoms with van der Waals surface area (Å²) in [5, 5.41) is 12.2. The van der Waals surface area contributed by atoms with Gasteiger partial charge in [-0.15, -0.1) is 0 Å². The number of hydrogen-bond donors (Lipinski definition) is 2. The summed E-state index contributed by atoms with van der Waals surface area (Å²) in [6.45, 7) is 6.11. The lowest BCUT2D eigenvalue weighted by atomic mass is 10.2. The van der Waals surface area contributed by atoms with Gasteiger partial charge in [0.05, 0.1) is 11.3 Å². The number of pyridine rings is 1. The van der Waals surface area contributed by atoms with Crippen LogP contribution < -0.4 is 5.32 Å². The van der Waals surface area contributed by atoms with Crippen LogP contribution in [0.25, 0.3) is 0 Å². The summed E-state index contributed by atoms with van der Waals surface area (Å²) >= 11 is 0. The van der Waals surface area contributed by atoms with Crippen molar-refractivity contribution >= 4 is 11.8 Å². The highest BCUT2D eigenvalue weighted by atomic mass is 16.4. The lowest BCUT2D eigenvalue weighted by Crippen LogP contribution is -2.11. The molecule has 1 aliphatic rings. The summed E-state index contributed by atoms with van der Waals surface area (Å²) in [5.41, 5.74) is 1.15. The van der Waals surface area contributed by atoms with Gasteiger partial charge in [0.2, 0.25) is 0 Å². The molecule has 0 aliphatic heterocycles. The molecule has 0 bridgehead atoms. The summed E-state index contributed by atoms with van der Waals surface area (Å²) in [7, 11) is 0. The van der Waals surface area contributed by atoms with Crippen LogP contribution in [-0.4, -0.2) is 22.1 Å². The molecule has 2 N–H and O–H groups in total. The Morgan fingerprint density at radius 2 is 2.19 bits per heavy atom. The van der Waals surface area contributed by atoms with Gasteiger partial charge in [-0.05, 0) is 30.9 Å². The van der Waals surface area contributed by atoms with Crippen LogP contribution in [-0.2, 0) is 0 Å². The molecule has 0 saturated heterocycles. The van der Waals surface area contributed by atoms with Crippen molar-refractivity contribution in [3.63, 3.8) is 0 Å². The third kappa shape index (κ3) is 2.01. The van der Waals surface area contributed by atoms with Gasteiger partial charge in [0.1, 0.15) is 5.82 Å². The van der Waals surface area contributed by atoms with Gasteiger partial charge in [-0.25, -0.2) is 9.78 Å². The number of anilines is 1. The Morgan fingerprint density at radius 3 is 2.62 bits per heavy atom. The molecule has 1 aliphatic carbocycles. The summed E-state index contributed by atoms with van der Waals surface area (Å²) in [5.74, 6) is -0.165. The number of nitrogens with one attached hydrogen (secondary N) is 1. The molecule has 2 rings (SSSR count). The lowest BCUT2D eigenvalue weighted by Gasteiger charge is -2.09. The van der Waals surface area contributed by atoms with E-state index in [9.17, 15) is 4.79 Å². The van der Waals surface area contributed by atoms with Gasteiger partial charge < -0.3 is 10.4 Å². The third-order valence-corrected chi connectivity index (χ3v) is 3.15. The molecule has 1 atom stereocenters. The highest BCUT2D eigenvalue weighted by Crippen LogP contribution is 2.46. The van der Waals surface area contributed by atoms with Gasteiger partial charge >= 0.3 is 5.97 Å². The predicted molar refractivity (Wildman–Crippen MR) is 61.7 cm³/mol. The molecule has 0 aromatic carbocycles. The topological polar surface area (TPSA) is 62.2 Å². The first-order valence-corrected chi connectivity index (χ1v) is 5.37. The van der Waals surface area contributed by atoms with E-state index in [1.165, 1.54) is 0 Å². The minimum atomic E-state index is -0.927. The normalized spacial score (nSPS) is 21.6. The van der Waals surface area contributed by atoms with Crippen molar-refractivity contribution in [1.29, 1.82) is 0 Å². The largest absolute Gasteiger partial charge is 0.478 e. The monoisotopic (exact) mass is 220 g/mol. The number of aryl methyl sites for hydroxylation is 1. The van der Waals surface area contributed by atoms with E-state index in [2.05, 4.69) is 24.1 Å². The molecular formula is C12H16N2O2. The minimum Gasteiger partial charge on any atom is -0.478 e. The standard InChI is InChI=1S/C12H16N2O2/c1-7-8(11(15)16)4-5-10(13-7)14-9-6-12(9,2)3/h4-5,9H,6H2,1-3H3,(H,13,14)(H,15,16). The molecular weight excluding hydrogens is 204 g/mol. The molecule has 16 heavy (non-hydrogen) atoms. The number of rotatable bonds is 3. The van der Waals surface area contributed by atoms with Gasteiger partial charge in [-0.2, -0.15) is 0 Å². The van der Waals surface area contributed by atoms with E-state index in [1.54, 1.807) is 19.1 Å². The number of carboxylic acids is 1. The van der Waals surface area contributed by atoms with E-state index >= 15 is 0 Å². The smallest absolute Gasteiger partial charge is 0.337 e. The second-order valence-electron chi connectivity index (χ2n) is 5.02. The number of aromatic carboxylic acids is 1. The SMILES string of the molecule is Cc1nc(NC2CC2(C)C)ccc1C(=O)O. The van der Waals surface area contributed by atoms with Gasteiger partial charge in [-0.3, -0.25) is 0 Å². The molecule has 1 aromatic rings. The van der Waals surface area contributed by atoms with Crippen LogP contribution in [0, 0.1) is 12.3 Å². The van der Waals surface area contributed by atoms with Crippen LogP contribution in [0.1, 0.15) is 36.3 Å². The van der Waals surface area contributed by atoms with E-state index in [-0.39, 0.29) is 5.56 Å². The average molecular weight is 220 g/mol. The second kappa shape index (κ2) is 3.47. The first kappa shape index (κ1) is 10.9. The average Bonchev–Trinajstić information content (AvgIpc) is 2.72. The van der Waals surface area contributed by atoms with Crippen molar-refractivity contribution in [2.45, 2.75) is 33.2 Å². The van der Waals surface area contributed by atoms with Crippen LogP contribution in [0.2, 0.25) is 0 Å². The van der Waals surface area contributed by atoms with Crippen molar-refractivity contribution in [3.05, 3.63) is 23.4 Å². The first-order valence-electron chi connectivity index (χ1n) is 5.37. The fraction of sp³-hybridized carbons (Fsp3) is 0.500. The maximum atomic E-state index is 10.8. The number of hydrogen-bond acceptors (Lipinski definition) is 3. The molecule has 0 spiro atoms. The molecule has 1 heterocycles. The zero-order valence-corrected chi connectivity index (χ0v) is 9.74. The Labute approximate surface area is 94.7 Å². The number of nitrogens with zero attached hydrogens (tertiary/aromatic N) is 1. The van der Waals surface area contributed by atoms with Crippen LogP contribution >= 0.6 is 0 Å². The first-order chi connectivity index (χ1) is 7.40. The van der Waals surface area contributed by atoms with Crippen molar-refractivity contribution < 1.29 is 9.90 Å². The van der Waals surface area contributed by atoms with Gasteiger partial charge in [-0.1, -0.05) is 13.8 Å². The minimum absolute atomic E-state index is 0.264. The summed E-state index contributed by atoms with van der Waals surface area (Å²) < 4.78 is 0. The zero-order valence-electron chi connectivity index (χ0n) is 9.74. The van der Waals surface area contributed by atoms with Gasteiger partial charge in [0, 0.05) is 6.04 Å². The van der Waals surface area contributed by atoms with Crippen LogP contribution in [0.3, 0.4) is 0 Å². The van der Waals surface area contributed by atoms with E-state index in [4.69, 9.17) is 5.11 Å². The highest BCUT2D eigenvalue weighted by molar-refractivity contribution is 5.89. The molecule has 4 heteroatoms. The third-order valence-electron chi connectivity index (χ3n) is 3.15. The maximum Gasteiger partial charge on any atom is 0.337 e. The Hall–Kier alpha value is -1.58. The van der Waals surface area contributed by atoms with Crippen molar-refractivity contribution in [1.82, 2.24) is 4.98 Å². The summed E-state index contributed by atoms with van der Waals surface area (Å²) in [6.07, 6.45) is 1.13. The second-order valence-corrected chi connectivity index (χ2v) is 5.02. The van der Waals surface area contributed by atoms with Gasteiger partial charge in [0.15, 0.2) is 0 Å². The Kier molecular flexibility index (Phi) is 2.37. The zero-order chi connectivity index (χ0) is 11.9. The Balaban J connectivity index is 2.13. The van der Waals surface area contributed by atoms with Crippen molar-refractivity contribution in [2.24, 2.45) is 5.41 Å². The lowest BCUT2D eigenvalue weighted by molar-refractivity contribution is 0.0695. The van der Waals surface area contributed by atoms with E-state index in [0.29, 0.717) is 17.2 Å². The summed E-state index contributed by atoms with van der Waals surface area (Å²) in [4.78, 5) is 15.1. The summed E-state index contributed by atoms with van der Waals surface area (Å²) in [6, 6.07) is 3.78. The molecule has 0 radical (unpaired) electrons. The van der Waals surface area contributed by atoms with Crippen molar-refractivity contribution in [2.75, 3.05) is 5.32 Å². The van der Waals surface area contributed by atoms with Crippen LogP contribution in [0.4, 0.5) is 5.82 Å². The molecule has 4 nitrogen and oxygen atoms in total. The van der Waals surface area contributed by atoms with E-state index in [0.717, 1.165) is 12.2 Å².